The molecular weight excluding hydrogens is 340 g/mol. The lowest BCUT2D eigenvalue weighted by molar-refractivity contribution is 0.253. The van der Waals surface area contributed by atoms with Crippen LogP contribution in [0.4, 0.5) is 0 Å². The zero-order valence-electron chi connectivity index (χ0n) is 14.8. The largest absolute Gasteiger partial charge is 0.282 e. The van der Waals surface area contributed by atoms with Crippen molar-refractivity contribution in [2.45, 2.75) is 26.2 Å². The topological polar surface area (TPSA) is 95.1 Å². The smallest absolute Gasteiger partial charge is 0.281 e. The minimum atomic E-state index is -3.35. The van der Waals surface area contributed by atoms with Crippen molar-refractivity contribution in [3.05, 3.63) is 29.8 Å². The van der Waals surface area contributed by atoms with Gasteiger partial charge < -0.3 is 0 Å². The van der Waals surface area contributed by atoms with E-state index in [0.717, 1.165) is 42.0 Å². The minimum Gasteiger partial charge on any atom is -0.282 e. The number of aromatic amines is 1. The number of hydrogen-bond acceptors (Lipinski definition) is 5. The van der Waals surface area contributed by atoms with Gasteiger partial charge >= 0.3 is 0 Å². The van der Waals surface area contributed by atoms with Gasteiger partial charge in [-0.15, -0.1) is 0 Å². The van der Waals surface area contributed by atoms with E-state index in [9.17, 15) is 8.42 Å². The molecule has 0 saturated carbocycles. The third kappa shape index (κ3) is 4.05. The molecule has 1 N–H and O–H groups in total. The fraction of sp³-hybridized carbons (Fsp3) is 0.562. The van der Waals surface area contributed by atoms with Gasteiger partial charge in [-0.05, 0) is 38.2 Å². The van der Waals surface area contributed by atoms with Gasteiger partial charge in [0.05, 0.1) is 11.9 Å². The molecule has 3 rings (SSSR count). The molecule has 3 heterocycles. The third-order valence-corrected chi connectivity index (χ3v) is 6.35. The molecule has 2 aromatic rings. The summed E-state index contributed by atoms with van der Waals surface area (Å²) >= 11 is 0. The highest BCUT2D eigenvalue weighted by Gasteiger charge is 2.30. The van der Waals surface area contributed by atoms with Gasteiger partial charge in [0.1, 0.15) is 11.4 Å². The summed E-state index contributed by atoms with van der Waals surface area (Å²) in [5, 5.41) is 7.07. The monoisotopic (exact) mass is 364 g/mol. The Hall–Kier alpha value is -1.84. The van der Waals surface area contributed by atoms with Crippen LogP contribution in [0.5, 0.6) is 0 Å². The van der Waals surface area contributed by atoms with E-state index in [1.54, 1.807) is 30.8 Å². The molecule has 0 amide bonds. The van der Waals surface area contributed by atoms with E-state index in [-0.39, 0.29) is 5.92 Å². The fourth-order valence-electron chi connectivity index (χ4n) is 3.07. The first-order valence-corrected chi connectivity index (χ1v) is 9.77. The van der Waals surface area contributed by atoms with Crippen LogP contribution in [0.3, 0.4) is 0 Å². The van der Waals surface area contributed by atoms with E-state index in [4.69, 9.17) is 0 Å². The molecule has 1 saturated heterocycles. The lowest BCUT2D eigenvalue weighted by Gasteiger charge is -2.33. The predicted octanol–water partition coefficient (Wildman–Crippen LogP) is 1.24. The number of aromatic nitrogens is 4. The van der Waals surface area contributed by atoms with Crippen LogP contribution >= 0.6 is 0 Å². The summed E-state index contributed by atoms with van der Waals surface area (Å²) in [7, 11) is -0.208. The predicted molar refractivity (Wildman–Crippen MR) is 95.0 cm³/mol. The molecule has 9 heteroatoms. The number of piperidine rings is 1. The van der Waals surface area contributed by atoms with E-state index in [1.165, 1.54) is 4.31 Å². The number of H-pyrrole nitrogens is 1. The summed E-state index contributed by atoms with van der Waals surface area (Å²) in [6.45, 7) is 3.05. The number of aryl methyl sites for hydroxylation is 1. The number of hydrogen-bond donors (Lipinski definition) is 1. The van der Waals surface area contributed by atoms with Crippen molar-refractivity contribution in [3.8, 4) is 11.4 Å². The Bertz CT molecular complexity index is 815. The van der Waals surface area contributed by atoms with Gasteiger partial charge in [0.15, 0.2) is 0 Å². The molecule has 0 aliphatic carbocycles. The van der Waals surface area contributed by atoms with Crippen molar-refractivity contribution in [1.29, 1.82) is 0 Å². The van der Waals surface area contributed by atoms with Crippen LogP contribution in [0, 0.1) is 12.8 Å². The van der Waals surface area contributed by atoms with Gasteiger partial charge in [0, 0.05) is 39.1 Å². The molecule has 0 aromatic carbocycles. The maximum atomic E-state index is 12.3. The van der Waals surface area contributed by atoms with Crippen molar-refractivity contribution in [2.24, 2.45) is 5.92 Å². The van der Waals surface area contributed by atoms with E-state index >= 15 is 0 Å². The van der Waals surface area contributed by atoms with Crippen LogP contribution in [0.2, 0.25) is 0 Å². The maximum Gasteiger partial charge on any atom is 0.281 e. The van der Waals surface area contributed by atoms with E-state index < -0.39 is 10.2 Å². The quantitative estimate of drug-likeness (QED) is 0.861. The SMILES string of the molecule is Cc1cc(-c2cnc(C[C@H]3CCCN(S(=O)(=O)N(C)C)C3)cn2)n[nH]1. The van der Waals surface area contributed by atoms with Gasteiger partial charge in [-0.2, -0.15) is 22.1 Å². The summed E-state index contributed by atoms with van der Waals surface area (Å²) in [4.78, 5) is 8.92. The van der Waals surface area contributed by atoms with Crippen LogP contribution in [-0.4, -0.2) is 64.4 Å². The van der Waals surface area contributed by atoms with Crippen LogP contribution in [0.25, 0.3) is 11.4 Å². The third-order valence-electron chi connectivity index (χ3n) is 4.44. The molecular formula is C16H24N6O2S. The van der Waals surface area contributed by atoms with Crippen LogP contribution < -0.4 is 0 Å². The lowest BCUT2D eigenvalue weighted by atomic mass is 9.95. The maximum absolute atomic E-state index is 12.3. The van der Waals surface area contributed by atoms with Gasteiger partial charge in [0.2, 0.25) is 0 Å². The van der Waals surface area contributed by atoms with Crippen molar-refractivity contribution < 1.29 is 8.42 Å². The Kier molecular flexibility index (Phi) is 5.16. The number of nitrogens with one attached hydrogen (secondary N) is 1. The molecule has 8 nitrogen and oxygen atoms in total. The van der Waals surface area contributed by atoms with Crippen LogP contribution in [0.1, 0.15) is 24.2 Å². The highest BCUT2D eigenvalue weighted by atomic mass is 32.2. The van der Waals surface area contributed by atoms with Crippen molar-refractivity contribution in [3.63, 3.8) is 0 Å². The molecule has 1 atom stereocenters. The molecule has 1 aliphatic heterocycles. The van der Waals surface area contributed by atoms with Crippen LogP contribution in [-0.2, 0) is 16.6 Å². The summed E-state index contributed by atoms with van der Waals surface area (Å²) in [5.74, 6) is 0.260. The van der Waals surface area contributed by atoms with E-state index in [1.807, 2.05) is 13.0 Å². The molecule has 1 fully saturated rings. The highest BCUT2D eigenvalue weighted by molar-refractivity contribution is 7.86. The summed E-state index contributed by atoms with van der Waals surface area (Å²) in [6, 6.07) is 1.93. The van der Waals surface area contributed by atoms with E-state index in [0.29, 0.717) is 13.1 Å². The van der Waals surface area contributed by atoms with Crippen molar-refractivity contribution in [2.75, 3.05) is 27.2 Å². The van der Waals surface area contributed by atoms with Gasteiger partial charge in [-0.25, -0.2) is 0 Å². The normalized spacial score (nSPS) is 19.4. The molecule has 136 valence electrons. The molecule has 0 radical (unpaired) electrons. The highest BCUT2D eigenvalue weighted by Crippen LogP contribution is 2.23. The van der Waals surface area contributed by atoms with Gasteiger partial charge in [-0.1, -0.05) is 0 Å². The minimum absolute atomic E-state index is 0.260. The Morgan fingerprint density at radius 3 is 2.68 bits per heavy atom. The fourth-order valence-corrected chi connectivity index (χ4v) is 4.29. The average Bonchev–Trinajstić information content (AvgIpc) is 3.02. The first-order valence-electron chi connectivity index (χ1n) is 8.37. The second-order valence-corrected chi connectivity index (χ2v) is 8.83. The Labute approximate surface area is 148 Å². The molecule has 2 aromatic heterocycles. The second kappa shape index (κ2) is 7.19. The molecule has 25 heavy (non-hydrogen) atoms. The van der Waals surface area contributed by atoms with Crippen molar-refractivity contribution in [1.82, 2.24) is 28.8 Å². The van der Waals surface area contributed by atoms with Crippen LogP contribution in [0.15, 0.2) is 18.5 Å². The number of rotatable bonds is 5. The second-order valence-electron chi connectivity index (χ2n) is 6.69. The first kappa shape index (κ1) is 18.0. The molecule has 1 aliphatic rings. The van der Waals surface area contributed by atoms with Crippen molar-refractivity contribution >= 4 is 10.2 Å². The Morgan fingerprint density at radius 1 is 1.28 bits per heavy atom. The Balaban J connectivity index is 1.66. The molecule has 0 spiro atoms. The first-order chi connectivity index (χ1) is 11.9. The number of nitrogens with zero attached hydrogens (tertiary/aromatic N) is 5. The zero-order valence-corrected chi connectivity index (χ0v) is 15.6. The van der Waals surface area contributed by atoms with Gasteiger partial charge in [0.25, 0.3) is 10.2 Å². The molecule has 0 unspecified atom stereocenters. The standard InChI is InChI=1S/C16H24N6O2S/c1-12-7-15(20-19-12)16-10-17-14(9-18-16)8-13-5-4-6-22(11-13)25(23,24)21(2)3/h7,9-10,13H,4-6,8,11H2,1-3H3,(H,19,20)/t13-/m1/s1. The average molecular weight is 364 g/mol. The summed E-state index contributed by atoms with van der Waals surface area (Å²) in [5.41, 5.74) is 3.36. The lowest BCUT2D eigenvalue weighted by Crippen LogP contribution is -2.45. The summed E-state index contributed by atoms with van der Waals surface area (Å²) in [6.07, 6.45) is 6.09. The molecule has 0 bridgehead atoms. The van der Waals surface area contributed by atoms with Gasteiger partial charge in [-0.3, -0.25) is 15.1 Å². The summed E-state index contributed by atoms with van der Waals surface area (Å²) < 4.78 is 27.4. The zero-order chi connectivity index (χ0) is 18.0. The van der Waals surface area contributed by atoms with E-state index in [2.05, 4.69) is 20.2 Å². The Morgan fingerprint density at radius 2 is 2.08 bits per heavy atom.